The Morgan fingerprint density at radius 2 is 1.81 bits per heavy atom. The third-order valence-electron chi connectivity index (χ3n) is 3.74. The van der Waals surface area contributed by atoms with Crippen LogP contribution in [0.4, 0.5) is 0 Å². The molecule has 0 radical (unpaired) electrons. The molecule has 2 N–H and O–H groups in total. The van der Waals surface area contributed by atoms with E-state index in [0.29, 0.717) is 0 Å². The molecular formula is C17H18ClN3. The highest BCUT2D eigenvalue weighted by Gasteiger charge is 2.12. The first-order valence-corrected chi connectivity index (χ1v) is 7.41. The Morgan fingerprint density at radius 1 is 1.10 bits per heavy atom. The molecule has 108 valence electrons. The van der Waals surface area contributed by atoms with E-state index in [0.717, 1.165) is 34.7 Å². The summed E-state index contributed by atoms with van der Waals surface area (Å²) in [6, 6.07) is 16.0. The van der Waals surface area contributed by atoms with Crippen LogP contribution in [0.2, 0.25) is 5.02 Å². The number of nitrogens with two attached hydrogens (primary N) is 1. The minimum Gasteiger partial charge on any atom is -0.331 e. The first-order chi connectivity index (χ1) is 10.1. The number of aromatic nitrogens is 2. The first-order valence-electron chi connectivity index (χ1n) is 7.04. The lowest BCUT2D eigenvalue weighted by molar-refractivity contribution is 0.626. The largest absolute Gasteiger partial charge is 0.331 e. The Bertz CT molecular complexity index is 746. The first kappa shape index (κ1) is 14.1. The second-order valence-electron chi connectivity index (χ2n) is 5.37. The Balaban J connectivity index is 1.75. The average Bonchev–Trinajstić information content (AvgIpc) is 2.78. The molecule has 2 aromatic carbocycles. The third-order valence-corrected chi connectivity index (χ3v) is 3.99. The Kier molecular flexibility index (Phi) is 3.95. The zero-order chi connectivity index (χ0) is 14.8. The molecule has 0 saturated carbocycles. The van der Waals surface area contributed by atoms with Crippen molar-refractivity contribution < 1.29 is 0 Å². The van der Waals surface area contributed by atoms with Gasteiger partial charge >= 0.3 is 0 Å². The van der Waals surface area contributed by atoms with Gasteiger partial charge in [0.15, 0.2) is 0 Å². The van der Waals surface area contributed by atoms with Crippen LogP contribution in [-0.2, 0) is 19.9 Å². The highest BCUT2D eigenvalue weighted by Crippen LogP contribution is 2.16. The van der Waals surface area contributed by atoms with Crippen LogP contribution >= 0.6 is 11.6 Å². The summed E-state index contributed by atoms with van der Waals surface area (Å²) in [6.07, 6.45) is 1.58. The van der Waals surface area contributed by atoms with Gasteiger partial charge in [-0.2, -0.15) is 0 Å². The van der Waals surface area contributed by atoms with Crippen molar-refractivity contribution in [3.05, 3.63) is 64.9 Å². The molecule has 3 aromatic rings. The molecule has 3 nitrogen and oxygen atoms in total. The van der Waals surface area contributed by atoms with E-state index in [9.17, 15) is 0 Å². The molecule has 1 unspecified atom stereocenters. The van der Waals surface area contributed by atoms with Crippen molar-refractivity contribution >= 4 is 22.6 Å². The SMILES string of the molecule is Cn1c(CC(N)Cc2ccc(Cl)cc2)nc2ccccc21. The number of nitrogens with zero attached hydrogens (tertiary/aromatic N) is 2. The fourth-order valence-corrected chi connectivity index (χ4v) is 2.73. The van der Waals surface area contributed by atoms with Crippen LogP contribution in [0.5, 0.6) is 0 Å². The van der Waals surface area contributed by atoms with E-state index in [-0.39, 0.29) is 6.04 Å². The molecule has 4 heteroatoms. The quantitative estimate of drug-likeness (QED) is 0.803. The Hall–Kier alpha value is -1.84. The van der Waals surface area contributed by atoms with Crippen LogP contribution in [0.3, 0.4) is 0 Å². The van der Waals surface area contributed by atoms with Gasteiger partial charge in [0.1, 0.15) is 5.82 Å². The number of imidazole rings is 1. The molecule has 0 spiro atoms. The lowest BCUT2D eigenvalue weighted by Gasteiger charge is -2.11. The van der Waals surface area contributed by atoms with Gasteiger partial charge < -0.3 is 10.3 Å². The van der Waals surface area contributed by atoms with Gasteiger partial charge in [0.25, 0.3) is 0 Å². The number of rotatable bonds is 4. The van der Waals surface area contributed by atoms with Gasteiger partial charge in [0.05, 0.1) is 11.0 Å². The fourth-order valence-electron chi connectivity index (χ4n) is 2.61. The van der Waals surface area contributed by atoms with Crippen molar-refractivity contribution in [3.8, 4) is 0 Å². The number of hydrogen-bond donors (Lipinski definition) is 1. The highest BCUT2D eigenvalue weighted by molar-refractivity contribution is 6.30. The summed E-state index contributed by atoms with van der Waals surface area (Å²) in [4.78, 5) is 4.67. The summed E-state index contributed by atoms with van der Waals surface area (Å²) < 4.78 is 2.12. The second kappa shape index (κ2) is 5.88. The predicted molar refractivity (Wildman–Crippen MR) is 87.5 cm³/mol. The van der Waals surface area contributed by atoms with Gasteiger partial charge in [-0.3, -0.25) is 0 Å². The maximum Gasteiger partial charge on any atom is 0.111 e. The monoisotopic (exact) mass is 299 g/mol. The average molecular weight is 300 g/mol. The number of para-hydroxylation sites is 2. The van der Waals surface area contributed by atoms with Gasteiger partial charge in [0, 0.05) is 24.5 Å². The normalized spacial score (nSPS) is 12.7. The molecular weight excluding hydrogens is 282 g/mol. The maximum atomic E-state index is 6.28. The maximum absolute atomic E-state index is 6.28. The minimum atomic E-state index is 0.0432. The van der Waals surface area contributed by atoms with E-state index >= 15 is 0 Å². The smallest absolute Gasteiger partial charge is 0.111 e. The summed E-state index contributed by atoms with van der Waals surface area (Å²) in [5.41, 5.74) is 9.65. The zero-order valence-corrected chi connectivity index (χ0v) is 12.7. The van der Waals surface area contributed by atoms with Crippen molar-refractivity contribution in [2.45, 2.75) is 18.9 Å². The summed E-state index contributed by atoms with van der Waals surface area (Å²) >= 11 is 5.90. The van der Waals surface area contributed by atoms with Crippen molar-refractivity contribution in [3.63, 3.8) is 0 Å². The molecule has 0 fully saturated rings. The number of fused-ring (bicyclic) bond motifs is 1. The van der Waals surface area contributed by atoms with E-state index in [4.69, 9.17) is 17.3 Å². The molecule has 1 aromatic heterocycles. The van der Waals surface area contributed by atoms with Gasteiger partial charge in [0.2, 0.25) is 0 Å². The van der Waals surface area contributed by atoms with Crippen LogP contribution in [-0.4, -0.2) is 15.6 Å². The molecule has 21 heavy (non-hydrogen) atoms. The van der Waals surface area contributed by atoms with Crippen LogP contribution in [0.1, 0.15) is 11.4 Å². The highest BCUT2D eigenvalue weighted by atomic mass is 35.5. The number of aryl methyl sites for hydroxylation is 1. The summed E-state index contributed by atoms with van der Waals surface area (Å²) in [5, 5.41) is 0.752. The molecule has 0 saturated heterocycles. The van der Waals surface area contributed by atoms with Crippen LogP contribution in [0.25, 0.3) is 11.0 Å². The number of benzene rings is 2. The number of hydrogen-bond acceptors (Lipinski definition) is 2. The molecule has 3 rings (SSSR count). The molecule has 1 atom stereocenters. The molecule has 1 heterocycles. The van der Waals surface area contributed by atoms with E-state index in [2.05, 4.69) is 15.6 Å². The van der Waals surface area contributed by atoms with Crippen molar-refractivity contribution in [1.29, 1.82) is 0 Å². The lowest BCUT2D eigenvalue weighted by Crippen LogP contribution is -2.26. The zero-order valence-electron chi connectivity index (χ0n) is 12.0. The standard InChI is InChI=1S/C17H18ClN3/c1-21-16-5-3-2-4-15(16)20-17(21)11-14(19)10-12-6-8-13(18)9-7-12/h2-9,14H,10-11,19H2,1H3. The van der Waals surface area contributed by atoms with Gasteiger partial charge in [-0.05, 0) is 36.2 Å². The van der Waals surface area contributed by atoms with Crippen molar-refractivity contribution in [2.24, 2.45) is 12.8 Å². The molecule has 0 aliphatic carbocycles. The van der Waals surface area contributed by atoms with E-state index in [1.165, 1.54) is 5.56 Å². The van der Waals surface area contributed by atoms with E-state index in [1.54, 1.807) is 0 Å². The Labute approximate surface area is 129 Å². The molecule has 0 aliphatic heterocycles. The van der Waals surface area contributed by atoms with Crippen LogP contribution < -0.4 is 5.73 Å². The van der Waals surface area contributed by atoms with Crippen molar-refractivity contribution in [2.75, 3.05) is 0 Å². The van der Waals surface area contributed by atoms with Gasteiger partial charge in [-0.15, -0.1) is 0 Å². The van der Waals surface area contributed by atoms with E-state index in [1.807, 2.05) is 49.5 Å². The summed E-state index contributed by atoms with van der Waals surface area (Å²) in [5.74, 6) is 1.03. The molecule has 0 amide bonds. The predicted octanol–water partition coefficient (Wildman–Crippen LogP) is 3.34. The Morgan fingerprint density at radius 3 is 2.52 bits per heavy atom. The summed E-state index contributed by atoms with van der Waals surface area (Å²) in [7, 11) is 2.04. The van der Waals surface area contributed by atoms with Gasteiger partial charge in [-0.1, -0.05) is 35.9 Å². The second-order valence-corrected chi connectivity index (χ2v) is 5.81. The summed E-state index contributed by atoms with van der Waals surface area (Å²) in [6.45, 7) is 0. The van der Waals surface area contributed by atoms with Gasteiger partial charge in [-0.25, -0.2) is 4.98 Å². The van der Waals surface area contributed by atoms with Crippen LogP contribution in [0.15, 0.2) is 48.5 Å². The van der Waals surface area contributed by atoms with Crippen LogP contribution in [0, 0.1) is 0 Å². The van der Waals surface area contributed by atoms with E-state index < -0.39 is 0 Å². The lowest BCUT2D eigenvalue weighted by atomic mass is 10.0. The minimum absolute atomic E-state index is 0.0432. The molecule has 0 bridgehead atoms. The topological polar surface area (TPSA) is 43.8 Å². The number of halogens is 1. The third kappa shape index (κ3) is 3.09. The van der Waals surface area contributed by atoms with Crippen molar-refractivity contribution in [1.82, 2.24) is 9.55 Å². The molecule has 0 aliphatic rings. The fraction of sp³-hybridized carbons (Fsp3) is 0.235.